The number of nitrogens with two attached hydrogens (primary N) is 1. The molecule has 0 radical (unpaired) electrons. The summed E-state index contributed by atoms with van der Waals surface area (Å²) in [5.41, 5.74) is 7.43. The van der Waals surface area contributed by atoms with Crippen LogP contribution in [0.2, 0.25) is 0 Å². The van der Waals surface area contributed by atoms with Gasteiger partial charge in [0, 0.05) is 17.4 Å². The molecule has 19 heavy (non-hydrogen) atoms. The lowest BCUT2D eigenvalue weighted by Gasteiger charge is -2.12. The molecule has 0 bridgehead atoms. The summed E-state index contributed by atoms with van der Waals surface area (Å²) in [6.07, 6.45) is 0. The number of nitrogens with zero attached hydrogens (tertiary/aromatic N) is 3. The molecule has 0 spiro atoms. The van der Waals surface area contributed by atoms with Crippen LogP contribution >= 0.6 is 11.8 Å². The summed E-state index contributed by atoms with van der Waals surface area (Å²) in [6.45, 7) is 3.87. The first kappa shape index (κ1) is 13.3. The van der Waals surface area contributed by atoms with Crippen LogP contribution in [-0.2, 0) is 0 Å². The number of nitrogens with one attached hydrogen (secondary N) is 1. The first-order valence-electron chi connectivity index (χ1n) is 5.57. The van der Waals surface area contributed by atoms with Crippen molar-refractivity contribution in [2.45, 2.75) is 24.3 Å². The number of aromatic amines is 1. The van der Waals surface area contributed by atoms with Crippen molar-refractivity contribution in [3.05, 3.63) is 39.4 Å². The highest BCUT2D eigenvalue weighted by atomic mass is 32.2. The SMILES string of the molecule is Cc1ccc([N+](=O)[O-])cc1[C@H](C)Sc1n[nH]c(N)n1. The van der Waals surface area contributed by atoms with Crippen molar-refractivity contribution < 1.29 is 4.92 Å². The van der Waals surface area contributed by atoms with Gasteiger partial charge in [0.25, 0.3) is 5.69 Å². The van der Waals surface area contributed by atoms with Crippen LogP contribution < -0.4 is 5.73 Å². The molecule has 0 fully saturated rings. The Kier molecular flexibility index (Phi) is 3.70. The van der Waals surface area contributed by atoms with Crippen LogP contribution in [0.3, 0.4) is 0 Å². The van der Waals surface area contributed by atoms with Crippen LogP contribution in [0.5, 0.6) is 0 Å². The number of aryl methyl sites for hydroxylation is 1. The minimum atomic E-state index is -0.398. The zero-order valence-electron chi connectivity index (χ0n) is 10.5. The van der Waals surface area contributed by atoms with Gasteiger partial charge in [-0.2, -0.15) is 4.98 Å². The zero-order chi connectivity index (χ0) is 14.0. The van der Waals surface area contributed by atoms with Gasteiger partial charge in [0.15, 0.2) is 0 Å². The molecule has 3 N–H and O–H groups in total. The molecule has 2 rings (SSSR count). The average Bonchev–Trinajstić information content (AvgIpc) is 2.74. The molecule has 1 atom stereocenters. The zero-order valence-corrected chi connectivity index (χ0v) is 11.3. The lowest BCUT2D eigenvalue weighted by Crippen LogP contribution is -1.96. The number of H-pyrrole nitrogens is 1. The van der Waals surface area contributed by atoms with E-state index < -0.39 is 4.92 Å². The molecule has 0 amide bonds. The van der Waals surface area contributed by atoms with Gasteiger partial charge < -0.3 is 5.73 Å². The Hall–Kier alpha value is -2.09. The van der Waals surface area contributed by atoms with Crippen LogP contribution in [0.25, 0.3) is 0 Å². The van der Waals surface area contributed by atoms with Gasteiger partial charge in [-0.15, -0.1) is 5.10 Å². The monoisotopic (exact) mass is 279 g/mol. The van der Waals surface area contributed by atoms with Crippen LogP contribution in [0.15, 0.2) is 23.4 Å². The van der Waals surface area contributed by atoms with Gasteiger partial charge in [-0.3, -0.25) is 10.1 Å². The molecule has 0 aliphatic carbocycles. The molecule has 2 aromatic rings. The number of nitro benzene ring substituents is 1. The highest BCUT2D eigenvalue weighted by Crippen LogP contribution is 2.35. The van der Waals surface area contributed by atoms with E-state index in [1.807, 2.05) is 13.8 Å². The molecule has 7 nitrogen and oxygen atoms in total. The lowest BCUT2D eigenvalue weighted by molar-refractivity contribution is -0.384. The van der Waals surface area contributed by atoms with Gasteiger partial charge >= 0.3 is 0 Å². The number of thioether (sulfide) groups is 1. The summed E-state index contributed by atoms with van der Waals surface area (Å²) >= 11 is 1.40. The number of non-ortho nitro benzene ring substituents is 1. The first-order chi connectivity index (χ1) is 8.97. The van der Waals surface area contributed by atoms with Crippen LogP contribution in [0.1, 0.15) is 23.3 Å². The van der Waals surface area contributed by atoms with Crippen molar-refractivity contribution in [3.8, 4) is 0 Å². The van der Waals surface area contributed by atoms with Gasteiger partial charge in [0.05, 0.1) is 4.92 Å². The van der Waals surface area contributed by atoms with Crippen LogP contribution in [-0.4, -0.2) is 20.1 Å². The second-order valence-electron chi connectivity index (χ2n) is 4.06. The molecule has 0 aliphatic heterocycles. The van der Waals surface area contributed by atoms with E-state index in [1.165, 1.54) is 17.8 Å². The van der Waals surface area contributed by atoms with Gasteiger partial charge in [-0.25, -0.2) is 5.10 Å². The van der Waals surface area contributed by atoms with E-state index in [9.17, 15) is 10.1 Å². The number of nitro groups is 1. The maximum atomic E-state index is 10.8. The van der Waals surface area contributed by atoms with E-state index in [0.717, 1.165) is 11.1 Å². The number of nitrogen functional groups attached to an aromatic ring is 1. The number of aromatic nitrogens is 3. The third-order valence-electron chi connectivity index (χ3n) is 2.68. The summed E-state index contributed by atoms with van der Waals surface area (Å²) in [4.78, 5) is 14.4. The normalized spacial score (nSPS) is 12.3. The van der Waals surface area contributed by atoms with Crippen molar-refractivity contribution in [1.29, 1.82) is 0 Å². The second kappa shape index (κ2) is 5.27. The van der Waals surface area contributed by atoms with E-state index in [4.69, 9.17) is 5.73 Å². The smallest absolute Gasteiger partial charge is 0.269 e. The molecular weight excluding hydrogens is 266 g/mol. The van der Waals surface area contributed by atoms with Gasteiger partial charge in [0.1, 0.15) is 0 Å². The fourth-order valence-electron chi connectivity index (χ4n) is 1.71. The highest BCUT2D eigenvalue weighted by Gasteiger charge is 2.16. The number of anilines is 1. The van der Waals surface area contributed by atoms with E-state index in [1.54, 1.807) is 12.1 Å². The number of hydrogen-bond acceptors (Lipinski definition) is 6. The van der Waals surface area contributed by atoms with Crippen molar-refractivity contribution in [3.63, 3.8) is 0 Å². The number of benzene rings is 1. The van der Waals surface area contributed by atoms with Gasteiger partial charge in [-0.05, 0) is 25.0 Å². The predicted octanol–water partition coefficient (Wildman–Crippen LogP) is 2.46. The fourth-order valence-corrected chi connectivity index (χ4v) is 2.66. The molecule has 8 heteroatoms. The lowest BCUT2D eigenvalue weighted by atomic mass is 10.1. The Labute approximate surface area is 113 Å². The van der Waals surface area contributed by atoms with Crippen molar-refractivity contribution in [2.75, 3.05) is 5.73 Å². The van der Waals surface area contributed by atoms with E-state index >= 15 is 0 Å². The van der Waals surface area contributed by atoms with E-state index in [2.05, 4.69) is 15.2 Å². The van der Waals surface area contributed by atoms with Gasteiger partial charge in [-0.1, -0.05) is 17.8 Å². The molecule has 1 heterocycles. The minimum absolute atomic E-state index is 0.00454. The standard InChI is InChI=1S/C11H13N5O2S/c1-6-3-4-8(16(17)18)5-9(6)7(2)19-11-13-10(12)14-15-11/h3-5,7H,1-2H3,(H3,12,13,14,15)/t7-/m0/s1. The molecule has 0 unspecified atom stereocenters. The third kappa shape index (κ3) is 3.02. The largest absolute Gasteiger partial charge is 0.368 e. The second-order valence-corrected chi connectivity index (χ2v) is 5.37. The Bertz CT molecular complexity index is 613. The Balaban J connectivity index is 2.25. The van der Waals surface area contributed by atoms with Crippen LogP contribution in [0.4, 0.5) is 11.6 Å². The quantitative estimate of drug-likeness (QED) is 0.505. The number of hydrogen-bond donors (Lipinski definition) is 2. The van der Waals surface area contributed by atoms with E-state index in [-0.39, 0.29) is 16.9 Å². The van der Waals surface area contributed by atoms with Crippen molar-refractivity contribution in [2.24, 2.45) is 0 Å². The molecule has 0 saturated heterocycles. The average molecular weight is 279 g/mol. The molecule has 100 valence electrons. The Morgan fingerprint density at radius 2 is 2.26 bits per heavy atom. The van der Waals surface area contributed by atoms with Crippen molar-refractivity contribution in [1.82, 2.24) is 15.2 Å². The molecule has 0 aliphatic rings. The maximum Gasteiger partial charge on any atom is 0.269 e. The minimum Gasteiger partial charge on any atom is -0.368 e. The van der Waals surface area contributed by atoms with E-state index in [0.29, 0.717) is 5.16 Å². The molecule has 1 aromatic carbocycles. The maximum absolute atomic E-state index is 10.8. The van der Waals surface area contributed by atoms with Gasteiger partial charge in [0.2, 0.25) is 11.1 Å². The van der Waals surface area contributed by atoms with Crippen molar-refractivity contribution >= 4 is 23.4 Å². The van der Waals surface area contributed by atoms with Crippen LogP contribution in [0, 0.1) is 17.0 Å². The fraction of sp³-hybridized carbons (Fsp3) is 0.273. The molecule has 1 aromatic heterocycles. The highest BCUT2D eigenvalue weighted by molar-refractivity contribution is 7.99. The summed E-state index contributed by atoms with van der Waals surface area (Å²) in [5.74, 6) is 0.255. The summed E-state index contributed by atoms with van der Waals surface area (Å²) in [6, 6.07) is 4.83. The first-order valence-corrected chi connectivity index (χ1v) is 6.45. The topological polar surface area (TPSA) is 111 Å². The summed E-state index contributed by atoms with van der Waals surface area (Å²) in [7, 11) is 0. The molecule has 0 saturated carbocycles. The third-order valence-corrected chi connectivity index (χ3v) is 3.68. The summed E-state index contributed by atoms with van der Waals surface area (Å²) < 4.78 is 0. The summed E-state index contributed by atoms with van der Waals surface area (Å²) in [5, 5.41) is 17.8. The Morgan fingerprint density at radius 3 is 2.84 bits per heavy atom. The molecular formula is C11H13N5O2S. The Morgan fingerprint density at radius 1 is 1.53 bits per heavy atom. The predicted molar refractivity (Wildman–Crippen MR) is 72.9 cm³/mol. The number of rotatable bonds is 4.